The van der Waals surface area contributed by atoms with Crippen LogP contribution in [0.4, 0.5) is 5.82 Å². The highest BCUT2D eigenvalue weighted by Crippen LogP contribution is 2.35. The number of aliphatic hydroxyl groups excluding tert-OH is 1. The lowest BCUT2D eigenvalue weighted by Gasteiger charge is -2.37. The Bertz CT molecular complexity index is 602. The van der Waals surface area contributed by atoms with E-state index in [2.05, 4.69) is 16.0 Å². The number of nitriles is 1. The number of aromatic nitrogens is 1. The maximum atomic E-state index is 10.3. The highest BCUT2D eigenvalue weighted by molar-refractivity contribution is 6.31. The molecule has 0 aromatic carbocycles. The van der Waals surface area contributed by atoms with Crippen molar-refractivity contribution in [2.45, 2.75) is 38.3 Å². The summed E-state index contributed by atoms with van der Waals surface area (Å²) in [5.41, 5.74) is 1.30. The molecule has 3 heterocycles. The zero-order valence-corrected chi connectivity index (χ0v) is 13.4. The number of rotatable bonds is 2. The molecule has 22 heavy (non-hydrogen) atoms. The van der Waals surface area contributed by atoms with Crippen LogP contribution in [0.25, 0.3) is 0 Å². The van der Waals surface area contributed by atoms with Gasteiger partial charge in [-0.05, 0) is 31.7 Å². The SMILES string of the molecule is Cc1c(Cl)cnc(N2CCC[C@@H]2[C@@H]2COCC[C@@H]2O)c1C#N. The normalized spacial score (nSPS) is 28.6. The van der Waals surface area contributed by atoms with E-state index in [0.717, 1.165) is 24.9 Å². The van der Waals surface area contributed by atoms with Gasteiger partial charge in [-0.1, -0.05) is 11.6 Å². The topological polar surface area (TPSA) is 69.4 Å². The number of anilines is 1. The summed E-state index contributed by atoms with van der Waals surface area (Å²) in [7, 11) is 0. The largest absolute Gasteiger partial charge is 0.393 e. The van der Waals surface area contributed by atoms with E-state index in [1.54, 1.807) is 6.20 Å². The average molecular weight is 322 g/mol. The molecule has 118 valence electrons. The molecule has 2 aliphatic heterocycles. The molecule has 0 unspecified atom stereocenters. The van der Waals surface area contributed by atoms with Gasteiger partial charge in [-0.2, -0.15) is 5.26 Å². The molecule has 1 aromatic heterocycles. The van der Waals surface area contributed by atoms with E-state index in [1.807, 2.05) is 6.92 Å². The van der Waals surface area contributed by atoms with Crippen LogP contribution in [-0.2, 0) is 4.74 Å². The minimum atomic E-state index is -0.349. The standard InChI is InChI=1S/C16H20ClN3O2/c1-10-11(7-18)16(19-8-13(10)17)20-5-2-3-14(20)12-9-22-6-4-15(12)21/h8,12,14-15,21H,2-6,9H2,1H3/t12-,14+,15-/m0/s1. The summed E-state index contributed by atoms with van der Waals surface area (Å²) in [6.07, 6.45) is 3.95. The Hall–Kier alpha value is -1.35. The van der Waals surface area contributed by atoms with Crippen molar-refractivity contribution in [2.24, 2.45) is 5.92 Å². The number of ether oxygens (including phenoxy) is 1. The van der Waals surface area contributed by atoms with Crippen molar-refractivity contribution >= 4 is 17.4 Å². The number of pyridine rings is 1. The van der Waals surface area contributed by atoms with Crippen LogP contribution in [-0.4, -0.2) is 42.0 Å². The second-order valence-electron chi connectivity index (χ2n) is 6.04. The van der Waals surface area contributed by atoms with Crippen molar-refractivity contribution in [3.8, 4) is 6.07 Å². The van der Waals surface area contributed by atoms with Crippen molar-refractivity contribution in [3.05, 3.63) is 22.3 Å². The summed E-state index contributed by atoms with van der Waals surface area (Å²) < 4.78 is 5.56. The number of hydrogen-bond donors (Lipinski definition) is 1. The van der Waals surface area contributed by atoms with E-state index in [4.69, 9.17) is 16.3 Å². The van der Waals surface area contributed by atoms with Gasteiger partial charge in [0.05, 0.1) is 23.3 Å². The first kappa shape index (κ1) is 15.5. The molecular formula is C16H20ClN3O2. The van der Waals surface area contributed by atoms with Gasteiger partial charge in [0.1, 0.15) is 11.9 Å². The second-order valence-corrected chi connectivity index (χ2v) is 6.45. The van der Waals surface area contributed by atoms with Crippen LogP contribution in [0.1, 0.15) is 30.4 Å². The summed E-state index contributed by atoms with van der Waals surface area (Å²) in [5, 5.41) is 20.3. The van der Waals surface area contributed by atoms with E-state index in [-0.39, 0.29) is 18.1 Å². The van der Waals surface area contributed by atoms with Gasteiger partial charge in [0.25, 0.3) is 0 Å². The van der Waals surface area contributed by atoms with E-state index < -0.39 is 0 Å². The summed E-state index contributed by atoms with van der Waals surface area (Å²) in [6, 6.07) is 2.40. The van der Waals surface area contributed by atoms with Gasteiger partial charge in [0.2, 0.25) is 0 Å². The summed E-state index contributed by atoms with van der Waals surface area (Å²) in [6.45, 7) is 3.87. The summed E-state index contributed by atoms with van der Waals surface area (Å²) in [5.74, 6) is 0.755. The predicted molar refractivity (Wildman–Crippen MR) is 84.0 cm³/mol. The van der Waals surface area contributed by atoms with Crippen LogP contribution < -0.4 is 4.90 Å². The smallest absolute Gasteiger partial charge is 0.147 e. The van der Waals surface area contributed by atoms with Crippen LogP contribution >= 0.6 is 11.6 Å². The van der Waals surface area contributed by atoms with Crippen molar-refractivity contribution in [2.75, 3.05) is 24.7 Å². The third kappa shape index (κ3) is 2.67. The van der Waals surface area contributed by atoms with Crippen LogP contribution in [0.5, 0.6) is 0 Å². The molecule has 6 heteroatoms. The highest BCUT2D eigenvalue weighted by atomic mass is 35.5. The molecule has 3 rings (SSSR count). The molecule has 3 atom stereocenters. The van der Waals surface area contributed by atoms with Gasteiger partial charge in [-0.3, -0.25) is 0 Å². The quantitative estimate of drug-likeness (QED) is 0.905. The Morgan fingerprint density at radius 3 is 3.05 bits per heavy atom. The summed E-state index contributed by atoms with van der Waals surface area (Å²) >= 11 is 6.09. The lowest BCUT2D eigenvalue weighted by molar-refractivity contribution is -0.0438. The van der Waals surface area contributed by atoms with Gasteiger partial charge in [0, 0.05) is 31.3 Å². The number of halogens is 1. The monoisotopic (exact) mass is 321 g/mol. The van der Waals surface area contributed by atoms with Gasteiger partial charge < -0.3 is 14.7 Å². The number of hydrogen-bond acceptors (Lipinski definition) is 5. The minimum absolute atomic E-state index is 0.0700. The Morgan fingerprint density at radius 1 is 1.50 bits per heavy atom. The molecule has 1 N–H and O–H groups in total. The first-order valence-corrected chi connectivity index (χ1v) is 8.09. The molecule has 2 saturated heterocycles. The van der Waals surface area contributed by atoms with Gasteiger partial charge >= 0.3 is 0 Å². The third-order valence-electron chi connectivity index (χ3n) is 4.80. The Balaban J connectivity index is 1.94. The average Bonchev–Trinajstić information content (AvgIpc) is 2.99. The van der Waals surface area contributed by atoms with Gasteiger partial charge in [0.15, 0.2) is 0 Å². The van der Waals surface area contributed by atoms with Crippen molar-refractivity contribution in [1.82, 2.24) is 4.98 Å². The van der Waals surface area contributed by atoms with Crippen LogP contribution in [0, 0.1) is 24.2 Å². The van der Waals surface area contributed by atoms with E-state index in [9.17, 15) is 10.4 Å². The predicted octanol–water partition coefficient (Wildman–Crippen LogP) is 2.28. The lowest BCUT2D eigenvalue weighted by Crippen LogP contribution is -2.46. The Morgan fingerprint density at radius 2 is 2.32 bits per heavy atom. The van der Waals surface area contributed by atoms with Crippen molar-refractivity contribution in [3.63, 3.8) is 0 Å². The van der Waals surface area contributed by atoms with Gasteiger partial charge in [-0.25, -0.2) is 4.98 Å². The first-order chi connectivity index (χ1) is 10.6. The fourth-order valence-corrected chi connectivity index (χ4v) is 3.68. The highest BCUT2D eigenvalue weighted by Gasteiger charge is 2.39. The lowest BCUT2D eigenvalue weighted by atomic mass is 9.89. The third-order valence-corrected chi connectivity index (χ3v) is 5.18. The Labute approximate surface area is 135 Å². The van der Waals surface area contributed by atoms with Gasteiger partial charge in [-0.15, -0.1) is 0 Å². The zero-order valence-electron chi connectivity index (χ0n) is 12.6. The first-order valence-electron chi connectivity index (χ1n) is 7.71. The van der Waals surface area contributed by atoms with Crippen molar-refractivity contribution in [1.29, 1.82) is 5.26 Å². The molecular weight excluding hydrogens is 302 g/mol. The number of nitrogens with zero attached hydrogens (tertiary/aromatic N) is 3. The molecule has 0 radical (unpaired) electrons. The zero-order chi connectivity index (χ0) is 15.7. The molecule has 0 aliphatic carbocycles. The van der Waals surface area contributed by atoms with Crippen molar-refractivity contribution < 1.29 is 9.84 Å². The summed E-state index contributed by atoms with van der Waals surface area (Å²) in [4.78, 5) is 6.57. The van der Waals surface area contributed by atoms with E-state index >= 15 is 0 Å². The minimum Gasteiger partial charge on any atom is -0.393 e. The molecule has 0 saturated carbocycles. The molecule has 2 fully saturated rings. The fraction of sp³-hybridized carbons (Fsp3) is 0.625. The van der Waals surface area contributed by atoms with Crippen LogP contribution in [0.15, 0.2) is 6.20 Å². The molecule has 5 nitrogen and oxygen atoms in total. The number of aliphatic hydroxyl groups is 1. The molecule has 0 spiro atoms. The molecule has 0 amide bonds. The maximum Gasteiger partial charge on any atom is 0.147 e. The van der Waals surface area contributed by atoms with E-state index in [1.165, 1.54) is 0 Å². The second kappa shape index (κ2) is 6.41. The Kier molecular flexibility index (Phi) is 4.53. The van der Waals surface area contributed by atoms with Crippen LogP contribution in [0.2, 0.25) is 5.02 Å². The maximum absolute atomic E-state index is 10.3. The molecule has 2 aliphatic rings. The molecule has 0 bridgehead atoms. The van der Waals surface area contributed by atoms with Crippen LogP contribution in [0.3, 0.4) is 0 Å². The molecule has 1 aromatic rings. The fourth-order valence-electron chi connectivity index (χ4n) is 3.53. The van der Waals surface area contributed by atoms with E-state index in [0.29, 0.717) is 36.0 Å².